The molecule has 0 saturated carbocycles. The lowest BCUT2D eigenvalue weighted by Crippen LogP contribution is -2.08. The Morgan fingerprint density at radius 1 is 1.53 bits per heavy atom. The van der Waals surface area contributed by atoms with Gasteiger partial charge >= 0.3 is 0 Å². The van der Waals surface area contributed by atoms with Gasteiger partial charge in [0.15, 0.2) is 5.15 Å². The number of halogens is 1. The Morgan fingerprint density at radius 2 is 2.20 bits per heavy atom. The molecular weight excluding hydrogens is 230 g/mol. The van der Waals surface area contributed by atoms with Crippen LogP contribution in [-0.2, 0) is 5.75 Å². The molecule has 0 saturated heterocycles. The Labute approximate surface area is 98.9 Å². The molecule has 0 aromatic carbocycles. The van der Waals surface area contributed by atoms with E-state index in [1.807, 2.05) is 6.07 Å². The van der Waals surface area contributed by atoms with Crippen molar-refractivity contribution in [2.24, 2.45) is 0 Å². The van der Waals surface area contributed by atoms with Gasteiger partial charge in [0.2, 0.25) is 0 Å². The van der Waals surface area contributed by atoms with Gasteiger partial charge in [-0.1, -0.05) is 32.4 Å². The Bertz CT molecular complexity index is 393. The summed E-state index contributed by atoms with van der Waals surface area (Å²) in [4.78, 5) is 8.13. The van der Waals surface area contributed by atoms with Crippen LogP contribution in [0.1, 0.15) is 32.2 Å². The van der Waals surface area contributed by atoms with Crippen molar-refractivity contribution in [3.63, 3.8) is 0 Å². The number of aromatic nitrogens is 2. The van der Waals surface area contributed by atoms with Crippen LogP contribution < -0.4 is 0 Å². The first-order valence-corrected chi connectivity index (χ1v) is 5.84. The van der Waals surface area contributed by atoms with Crippen molar-refractivity contribution in [1.82, 2.24) is 9.97 Å². The van der Waals surface area contributed by atoms with E-state index in [4.69, 9.17) is 16.9 Å². The zero-order valence-electron chi connectivity index (χ0n) is 8.91. The number of thioether (sulfide) groups is 1. The Morgan fingerprint density at radius 3 is 2.67 bits per heavy atom. The quantitative estimate of drug-likeness (QED) is 0.747. The second kappa shape index (κ2) is 4.82. The van der Waals surface area contributed by atoms with E-state index in [1.165, 1.54) is 6.20 Å². The molecule has 80 valence electrons. The fourth-order valence-corrected chi connectivity index (χ4v) is 1.71. The van der Waals surface area contributed by atoms with Gasteiger partial charge in [-0.15, -0.1) is 11.8 Å². The first kappa shape index (κ1) is 12.3. The lowest BCUT2D eigenvalue weighted by molar-refractivity contribution is 0.800. The number of hydrogen-bond acceptors (Lipinski definition) is 4. The largest absolute Gasteiger partial charge is 0.239 e. The van der Waals surface area contributed by atoms with Crippen LogP contribution in [0.3, 0.4) is 0 Å². The van der Waals surface area contributed by atoms with E-state index >= 15 is 0 Å². The van der Waals surface area contributed by atoms with Gasteiger partial charge < -0.3 is 0 Å². The predicted molar refractivity (Wildman–Crippen MR) is 62.8 cm³/mol. The molecule has 0 aliphatic heterocycles. The molecule has 0 radical (unpaired) electrons. The lowest BCUT2D eigenvalue weighted by Gasteiger charge is -2.16. The Kier molecular flexibility index (Phi) is 3.95. The summed E-state index contributed by atoms with van der Waals surface area (Å²) >= 11 is 7.54. The third-order valence-electron chi connectivity index (χ3n) is 1.55. The molecule has 0 fully saturated rings. The van der Waals surface area contributed by atoms with Crippen molar-refractivity contribution in [3.05, 3.63) is 22.7 Å². The van der Waals surface area contributed by atoms with Crippen LogP contribution in [0, 0.1) is 11.3 Å². The fraction of sp³-hybridized carbons (Fsp3) is 0.500. The van der Waals surface area contributed by atoms with E-state index in [2.05, 4.69) is 30.7 Å². The Balaban J connectivity index is 2.73. The van der Waals surface area contributed by atoms with Gasteiger partial charge in [-0.3, -0.25) is 0 Å². The number of nitrogens with zero attached hydrogens (tertiary/aromatic N) is 3. The van der Waals surface area contributed by atoms with Crippen LogP contribution in [0.4, 0.5) is 0 Å². The van der Waals surface area contributed by atoms with Crippen molar-refractivity contribution in [3.8, 4) is 6.07 Å². The maximum Gasteiger partial charge on any atom is 0.150 e. The molecule has 1 aromatic rings. The highest BCUT2D eigenvalue weighted by molar-refractivity contribution is 7.99. The van der Waals surface area contributed by atoms with Gasteiger partial charge in [0.25, 0.3) is 0 Å². The monoisotopic (exact) mass is 241 g/mol. The molecule has 1 rings (SSSR count). The third kappa shape index (κ3) is 4.06. The molecule has 5 heteroatoms. The SMILES string of the molecule is CC(C)(C)SCc1ncc(C#N)c(Cl)n1. The summed E-state index contributed by atoms with van der Waals surface area (Å²) in [6, 6.07) is 1.93. The van der Waals surface area contributed by atoms with Gasteiger partial charge in [-0.2, -0.15) is 5.26 Å². The van der Waals surface area contributed by atoms with Gasteiger partial charge in [-0.25, -0.2) is 9.97 Å². The lowest BCUT2D eigenvalue weighted by atomic mass is 10.3. The molecule has 15 heavy (non-hydrogen) atoms. The topological polar surface area (TPSA) is 49.6 Å². The second-order valence-electron chi connectivity index (χ2n) is 4.00. The summed E-state index contributed by atoms with van der Waals surface area (Å²) in [6.07, 6.45) is 1.47. The maximum absolute atomic E-state index is 8.65. The number of rotatable bonds is 2. The Hall–Kier alpha value is -0.790. The van der Waals surface area contributed by atoms with E-state index < -0.39 is 0 Å². The van der Waals surface area contributed by atoms with Crippen molar-refractivity contribution in [2.75, 3.05) is 0 Å². The smallest absolute Gasteiger partial charge is 0.150 e. The molecule has 0 spiro atoms. The summed E-state index contributed by atoms with van der Waals surface area (Å²) in [5.74, 6) is 1.37. The summed E-state index contributed by atoms with van der Waals surface area (Å²) in [5, 5.41) is 8.88. The minimum atomic E-state index is 0.170. The van der Waals surface area contributed by atoms with E-state index in [0.717, 1.165) is 0 Å². The van der Waals surface area contributed by atoms with E-state index in [9.17, 15) is 0 Å². The number of hydrogen-bond donors (Lipinski definition) is 0. The average molecular weight is 242 g/mol. The summed E-state index contributed by atoms with van der Waals surface area (Å²) in [6.45, 7) is 6.38. The molecule has 0 N–H and O–H groups in total. The van der Waals surface area contributed by atoms with E-state index in [-0.39, 0.29) is 9.90 Å². The molecule has 1 heterocycles. The first-order valence-electron chi connectivity index (χ1n) is 4.48. The van der Waals surface area contributed by atoms with Gasteiger partial charge in [-0.05, 0) is 0 Å². The molecule has 1 aromatic heterocycles. The average Bonchev–Trinajstić information content (AvgIpc) is 2.14. The standard InChI is InChI=1S/C10H12ClN3S/c1-10(2,3)15-6-8-13-5-7(4-12)9(11)14-8/h5H,6H2,1-3H3. The molecule has 0 aliphatic rings. The van der Waals surface area contributed by atoms with Crippen molar-refractivity contribution < 1.29 is 0 Å². The molecule has 3 nitrogen and oxygen atoms in total. The highest BCUT2D eigenvalue weighted by Gasteiger charge is 2.12. The molecule has 0 aliphatic carbocycles. The summed E-state index contributed by atoms with van der Waals surface area (Å²) in [5.41, 5.74) is 0.321. The van der Waals surface area contributed by atoms with Gasteiger partial charge in [0.1, 0.15) is 17.5 Å². The van der Waals surface area contributed by atoms with Crippen molar-refractivity contribution in [1.29, 1.82) is 5.26 Å². The molecule has 0 unspecified atom stereocenters. The highest BCUT2D eigenvalue weighted by atomic mass is 35.5. The minimum absolute atomic E-state index is 0.170. The third-order valence-corrected chi connectivity index (χ3v) is 3.10. The zero-order valence-corrected chi connectivity index (χ0v) is 10.5. The van der Waals surface area contributed by atoms with Crippen LogP contribution in [0.5, 0.6) is 0 Å². The van der Waals surface area contributed by atoms with Gasteiger partial charge in [0, 0.05) is 10.9 Å². The summed E-state index contributed by atoms with van der Waals surface area (Å²) < 4.78 is 0.170. The van der Waals surface area contributed by atoms with Crippen LogP contribution in [-0.4, -0.2) is 14.7 Å². The van der Waals surface area contributed by atoms with Crippen molar-refractivity contribution in [2.45, 2.75) is 31.3 Å². The van der Waals surface area contributed by atoms with Crippen molar-refractivity contribution >= 4 is 23.4 Å². The first-order chi connectivity index (χ1) is 6.92. The van der Waals surface area contributed by atoms with E-state index in [0.29, 0.717) is 17.1 Å². The fourth-order valence-electron chi connectivity index (χ4n) is 0.820. The van der Waals surface area contributed by atoms with Crippen LogP contribution in [0.2, 0.25) is 5.15 Å². The molecule has 0 amide bonds. The minimum Gasteiger partial charge on any atom is -0.239 e. The molecule has 0 bridgehead atoms. The van der Waals surface area contributed by atoms with Crippen LogP contribution in [0.15, 0.2) is 6.20 Å². The van der Waals surface area contributed by atoms with Crippen LogP contribution in [0.25, 0.3) is 0 Å². The maximum atomic E-state index is 8.65. The molecular formula is C10H12ClN3S. The second-order valence-corrected chi connectivity index (χ2v) is 6.16. The normalized spacial score (nSPS) is 11.1. The predicted octanol–water partition coefficient (Wildman–Crippen LogP) is 3.03. The molecule has 0 atom stereocenters. The van der Waals surface area contributed by atoms with Crippen LogP contribution >= 0.6 is 23.4 Å². The summed E-state index contributed by atoms with van der Waals surface area (Å²) in [7, 11) is 0. The van der Waals surface area contributed by atoms with E-state index in [1.54, 1.807) is 11.8 Å². The zero-order chi connectivity index (χ0) is 11.5. The van der Waals surface area contributed by atoms with Gasteiger partial charge in [0.05, 0.1) is 5.75 Å². The highest BCUT2D eigenvalue weighted by Crippen LogP contribution is 2.26. The number of nitriles is 1.